The van der Waals surface area contributed by atoms with Gasteiger partial charge in [0, 0.05) is 44.4 Å². The smallest absolute Gasteiger partial charge is 0.263 e. The zero-order valence-electron chi connectivity index (χ0n) is 27.3. The van der Waals surface area contributed by atoms with Gasteiger partial charge in [-0.05, 0) is 57.3 Å². The molecule has 0 saturated carbocycles. The standard InChI is InChI=1S/C35H51N4O4S/c1-6-16-38(18-11-17-36(2)3)34-27-29(28-35-37(4)32-14-9-10-15-33(32)44-35)30-12-7-8-13-31(30)39(34)19-20-41-23-24-43-26-25-42-22-21-40-5/h7-10,12-15,27-28H,6,11,16-26H2,1-5H3/q+1. The lowest BCUT2D eigenvalue weighted by atomic mass is 9.98. The van der Waals surface area contributed by atoms with Crippen LogP contribution in [0.3, 0.4) is 0 Å². The van der Waals surface area contributed by atoms with Crippen molar-refractivity contribution in [1.29, 1.82) is 0 Å². The van der Waals surface area contributed by atoms with Gasteiger partial charge in [-0.1, -0.05) is 48.6 Å². The lowest BCUT2D eigenvalue weighted by molar-refractivity contribution is -0.642. The van der Waals surface area contributed by atoms with Crippen LogP contribution >= 0.6 is 11.3 Å². The number of benzene rings is 2. The highest BCUT2D eigenvalue weighted by Crippen LogP contribution is 2.38. The van der Waals surface area contributed by atoms with E-state index in [9.17, 15) is 0 Å². The van der Waals surface area contributed by atoms with Crippen LogP contribution < -0.4 is 9.47 Å². The van der Waals surface area contributed by atoms with E-state index in [2.05, 4.69) is 108 Å². The number of anilines is 1. The molecule has 1 aliphatic rings. The zero-order valence-corrected chi connectivity index (χ0v) is 28.1. The van der Waals surface area contributed by atoms with Gasteiger partial charge in [-0.2, -0.15) is 4.57 Å². The first kappa shape index (κ1) is 34.1. The van der Waals surface area contributed by atoms with Crippen molar-refractivity contribution in [3.8, 4) is 0 Å². The Morgan fingerprint density at radius 1 is 0.841 bits per heavy atom. The third-order valence-corrected chi connectivity index (χ3v) is 8.77. The third-order valence-electron chi connectivity index (χ3n) is 7.60. The number of aromatic nitrogens is 1. The number of nitrogens with zero attached hydrogens (tertiary/aromatic N) is 4. The molecule has 0 bridgehead atoms. The maximum atomic E-state index is 6.07. The van der Waals surface area contributed by atoms with Crippen LogP contribution in [0.4, 0.5) is 5.69 Å². The Morgan fingerprint density at radius 3 is 2.23 bits per heavy atom. The Morgan fingerprint density at radius 2 is 1.52 bits per heavy atom. The summed E-state index contributed by atoms with van der Waals surface area (Å²) in [7, 11) is 8.13. The Labute approximate surface area is 268 Å². The average Bonchev–Trinajstić information content (AvgIpc) is 3.34. The van der Waals surface area contributed by atoms with Crippen LogP contribution in [0.25, 0.3) is 21.9 Å². The fraction of sp³-hybridized carbons (Fsp3) is 0.514. The predicted molar refractivity (Wildman–Crippen MR) is 182 cm³/mol. The molecule has 0 aliphatic carbocycles. The molecule has 0 atom stereocenters. The maximum Gasteiger partial charge on any atom is 0.263 e. The van der Waals surface area contributed by atoms with Gasteiger partial charge in [0.2, 0.25) is 5.52 Å². The summed E-state index contributed by atoms with van der Waals surface area (Å²) in [5.74, 6) is 1.24. The molecule has 0 unspecified atom stereocenters. The lowest BCUT2D eigenvalue weighted by Crippen LogP contribution is -2.41. The van der Waals surface area contributed by atoms with Gasteiger partial charge in [0.05, 0.1) is 51.9 Å². The summed E-state index contributed by atoms with van der Waals surface area (Å²) in [6.07, 6.45) is 6.94. The molecule has 240 valence electrons. The first-order valence-corrected chi connectivity index (χ1v) is 16.6. The van der Waals surface area contributed by atoms with Crippen molar-refractivity contribution in [3.05, 3.63) is 71.0 Å². The molecule has 1 aromatic heterocycles. The molecule has 9 heteroatoms. The van der Waals surface area contributed by atoms with Gasteiger partial charge in [-0.3, -0.25) is 0 Å². The minimum Gasteiger partial charge on any atom is -0.382 e. The summed E-state index contributed by atoms with van der Waals surface area (Å²) in [5, 5.41) is 1.24. The summed E-state index contributed by atoms with van der Waals surface area (Å²) in [6.45, 7) is 10.1. The van der Waals surface area contributed by atoms with E-state index >= 15 is 0 Å². The molecular formula is C35H51N4O4S+. The molecule has 44 heavy (non-hydrogen) atoms. The minimum atomic E-state index is 0.554. The van der Waals surface area contributed by atoms with Crippen LogP contribution in [0.1, 0.15) is 30.3 Å². The molecular weight excluding hydrogens is 572 g/mol. The highest BCUT2D eigenvalue weighted by Gasteiger charge is 2.27. The van der Waals surface area contributed by atoms with Crippen LogP contribution in [0.5, 0.6) is 0 Å². The van der Waals surface area contributed by atoms with E-state index < -0.39 is 0 Å². The van der Waals surface area contributed by atoms with Crippen LogP contribution in [-0.4, -0.2) is 103 Å². The van der Waals surface area contributed by atoms with Gasteiger partial charge < -0.3 is 33.6 Å². The summed E-state index contributed by atoms with van der Waals surface area (Å²) < 4.78 is 25.8. The number of aryl methyl sites for hydroxylation is 1. The summed E-state index contributed by atoms with van der Waals surface area (Å²) in [6, 6.07) is 17.4. The normalized spacial score (nSPS) is 14.1. The molecule has 0 saturated heterocycles. The highest BCUT2D eigenvalue weighted by atomic mass is 32.1. The van der Waals surface area contributed by atoms with Crippen LogP contribution in [0.2, 0.25) is 0 Å². The Bertz CT molecular complexity index is 1360. The maximum absolute atomic E-state index is 6.07. The van der Waals surface area contributed by atoms with E-state index in [1.54, 1.807) is 7.11 Å². The van der Waals surface area contributed by atoms with Crippen LogP contribution in [-0.2, 0) is 26.0 Å². The van der Waals surface area contributed by atoms with E-state index in [4.69, 9.17) is 18.9 Å². The first-order valence-electron chi connectivity index (χ1n) is 15.8. The van der Waals surface area contributed by atoms with Gasteiger partial charge >= 0.3 is 0 Å². The minimum absolute atomic E-state index is 0.554. The zero-order chi connectivity index (χ0) is 31.1. The number of hydrogen-bond donors (Lipinski definition) is 0. The molecule has 4 rings (SSSR count). The van der Waals surface area contributed by atoms with Crippen molar-refractivity contribution in [3.63, 3.8) is 0 Å². The molecule has 1 aliphatic heterocycles. The molecule has 0 amide bonds. The second-order valence-corrected chi connectivity index (χ2v) is 12.3. The van der Waals surface area contributed by atoms with E-state index in [1.165, 1.54) is 37.9 Å². The van der Waals surface area contributed by atoms with E-state index in [0.29, 0.717) is 46.2 Å². The molecule has 0 spiro atoms. The van der Waals surface area contributed by atoms with Crippen molar-refractivity contribution in [2.24, 2.45) is 7.05 Å². The van der Waals surface area contributed by atoms with Crippen molar-refractivity contribution >= 4 is 38.9 Å². The Kier molecular flexibility index (Phi) is 14.1. The van der Waals surface area contributed by atoms with Crippen molar-refractivity contribution < 1.29 is 23.5 Å². The number of ether oxygens (including phenoxy) is 4. The van der Waals surface area contributed by atoms with Gasteiger partial charge in [0.25, 0.3) is 5.01 Å². The second kappa shape index (κ2) is 18.2. The molecule has 8 nitrogen and oxygen atoms in total. The van der Waals surface area contributed by atoms with Crippen LogP contribution in [0, 0.1) is 0 Å². The summed E-state index contributed by atoms with van der Waals surface area (Å²) in [4.78, 5) is 7.28. The van der Waals surface area contributed by atoms with Gasteiger partial charge in [-0.15, -0.1) is 0 Å². The number of allylic oxidation sites excluding steroid dienone is 2. The molecule has 0 N–H and O–H groups in total. The Balaban J connectivity index is 1.54. The second-order valence-electron chi connectivity index (χ2n) is 11.2. The van der Waals surface area contributed by atoms with Gasteiger partial charge in [0.15, 0.2) is 0 Å². The fourth-order valence-corrected chi connectivity index (χ4v) is 6.50. The number of rotatable bonds is 20. The molecule has 0 radical (unpaired) electrons. The predicted octanol–water partition coefficient (Wildman–Crippen LogP) is 5.29. The number of fused-ring (bicyclic) bond motifs is 2. The van der Waals surface area contributed by atoms with E-state index in [1.807, 2.05) is 11.3 Å². The first-order chi connectivity index (χ1) is 21.5. The van der Waals surface area contributed by atoms with Crippen molar-refractivity contribution in [2.75, 3.05) is 98.5 Å². The van der Waals surface area contributed by atoms with Crippen molar-refractivity contribution in [1.82, 2.24) is 9.80 Å². The largest absolute Gasteiger partial charge is 0.382 e. The molecule has 3 aromatic rings. The SMILES string of the molecule is CCCN(CCCN(C)C)C1=C/C(=C/c2sc3ccccc3[n+]2C)c2ccccc2N1CCOCCOCCOCCOC. The van der Waals surface area contributed by atoms with Crippen LogP contribution in [0.15, 0.2) is 60.4 Å². The topological polar surface area (TPSA) is 50.5 Å². The summed E-state index contributed by atoms with van der Waals surface area (Å²) >= 11 is 1.84. The number of para-hydroxylation sites is 2. The Hall–Kier alpha value is -2.79. The fourth-order valence-electron chi connectivity index (χ4n) is 5.40. The van der Waals surface area contributed by atoms with E-state index in [0.717, 1.165) is 39.0 Å². The van der Waals surface area contributed by atoms with E-state index in [-0.39, 0.29) is 0 Å². The number of methoxy groups -OCH3 is 1. The quantitative estimate of drug-likeness (QED) is 0.125. The molecule has 2 aromatic carbocycles. The monoisotopic (exact) mass is 623 g/mol. The van der Waals surface area contributed by atoms with Gasteiger partial charge in [-0.25, -0.2) is 0 Å². The summed E-state index contributed by atoms with van der Waals surface area (Å²) in [5.41, 5.74) is 4.97. The highest BCUT2D eigenvalue weighted by molar-refractivity contribution is 7.18. The number of hydrogen-bond acceptors (Lipinski definition) is 8. The van der Waals surface area contributed by atoms with Crippen molar-refractivity contribution in [2.45, 2.75) is 19.8 Å². The molecule has 2 heterocycles. The third kappa shape index (κ3) is 9.60. The average molecular weight is 624 g/mol. The molecule has 0 fully saturated rings. The number of thiazole rings is 1. The van der Waals surface area contributed by atoms with Gasteiger partial charge in [0.1, 0.15) is 17.6 Å². The lowest BCUT2D eigenvalue weighted by Gasteiger charge is -2.40.